The standard InChI is InChI=1S/C15H13N3O5/c1-23-14-7-2-10(8-13(14)19)9-16-17-15(20)11-3-5-12(6-4-11)18(21)22/h2-9,19H,1H3,(H,17,20). The summed E-state index contributed by atoms with van der Waals surface area (Å²) in [5, 5.41) is 23.9. The number of phenols is 1. The predicted octanol–water partition coefficient (Wildman–Crippen LogP) is 2.07. The zero-order valence-electron chi connectivity index (χ0n) is 12.1. The van der Waals surface area contributed by atoms with Crippen molar-refractivity contribution in [2.45, 2.75) is 0 Å². The molecular formula is C15H13N3O5. The lowest BCUT2D eigenvalue weighted by Crippen LogP contribution is -2.17. The van der Waals surface area contributed by atoms with Gasteiger partial charge in [-0.05, 0) is 35.9 Å². The molecule has 8 heteroatoms. The Labute approximate surface area is 131 Å². The highest BCUT2D eigenvalue weighted by Gasteiger charge is 2.08. The first kappa shape index (κ1) is 16.0. The Balaban J connectivity index is 2.00. The first-order chi connectivity index (χ1) is 11.0. The van der Waals surface area contributed by atoms with Crippen LogP contribution >= 0.6 is 0 Å². The van der Waals surface area contributed by atoms with Gasteiger partial charge in [-0.15, -0.1) is 0 Å². The number of rotatable bonds is 5. The molecule has 0 unspecified atom stereocenters. The van der Waals surface area contributed by atoms with Gasteiger partial charge in [0.05, 0.1) is 18.2 Å². The molecule has 8 nitrogen and oxygen atoms in total. The predicted molar refractivity (Wildman–Crippen MR) is 82.8 cm³/mol. The van der Waals surface area contributed by atoms with Gasteiger partial charge in [0, 0.05) is 17.7 Å². The van der Waals surface area contributed by atoms with Crippen molar-refractivity contribution in [2.75, 3.05) is 7.11 Å². The van der Waals surface area contributed by atoms with Crippen LogP contribution in [0.2, 0.25) is 0 Å². The molecule has 0 radical (unpaired) electrons. The summed E-state index contributed by atoms with van der Waals surface area (Å²) < 4.78 is 4.91. The Bertz CT molecular complexity index is 756. The Morgan fingerprint density at radius 2 is 2.00 bits per heavy atom. The number of carbonyl (C=O) groups is 1. The van der Waals surface area contributed by atoms with Crippen molar-refractivity contribution in [2.24, 2.45) is 5.10 Å². The first-order valence-electron chi connectivity index (χ1n) is 6.46. The summed E-state index contributed by atoms with van der Waals surface area (Å²) in [5.41, 5.74) is 3.00. The Hall–Kier alpha value is -3.42. The van der Waals surface area contributed by atoms with Crippen LogP contribution in [0.15, 0.2) is 47.6 Å². The molecule has 2 N–H and O–H groups in total. The number of aromatic hydroxyl groups is 1. The van der Waals surface area contributed by atoms with E-state index in [-0.39, 0.29) is 17.0 Å². The average molecular weight is 315 g/mol. The average Bonchev–Trinajstić information content (AvgIpc) is 2.55. The first-order valence-corrected chi connectivity index (χ1v) is 6.46. The molecule has 0 saturated carbocycles. The van der Waals surface area contributed by atoms with E-state index in [0.717, 1.165) is 0 Å². The van der Waals surface area contributed by atoms with E-state index in [1.165, 1.54) is 43.7 Å². The van der Waals surface area contributed by atoms with Crippen molar-refractivity contribution in [3.8, 4) is 11.5 Å². The summed E-state index contributed by atoms with van der Waals surface area (Å²) >= 11 is 0. The number of amides is 1. The highest BCUT2D eigenvalue weighted by molar-refractivity contribution is 5.95. The molecule has 23 heavy (non-hydrogen) atoms. The summed E-state index contributed by atoms with van der Waals surface area (Å²) in [6.07, 6.45) is 1.35. The smallest absolute Gasteiger partial charge is 0.271 e. The SMILES string of the molecule is COc1ccc(C=NNC(=O)c2ccc([N+](=O)[O-])cc2)cc1O. The van der Waals surface area contributed by atoms with E-state index in [1.54, 1.807) is 12.1 Å². The van der Waals surface area contributed by atoms with Crippen LogP contribution in [0.5, 0.6) is 11.5 Å². The van der Waals surface area contributed by atoms with Crippen molar-refractivity contribution in [1.29, 1.82) is 0 Å². The molecule has 118 valence electrons. The number of methoxy groups -OCH3 is 1. The maximum atomic E-state index is 11.8. The summed E-state index contributed by atoms with van der Waals surface area (Å²) in [6, 6.07) is 9.79. The van der Waals surface area contributed by atoms with Crippen LogP contribution in [0, 0.1) is 10.1 Å². The number of nitrogens with one attached hydrogen (secondary N) is 1. The van der Waals surface area contributed by atoms with Crippen molar-refractivity contribution < 1.29 is 19.6 Å². The molecule has 0 spiro atoms. The fourth-order valence-electron chi connectivity index (χ4n) is 1.75. The van der Waals surface area contributed by atoms with Gasteiger partial charge >= 0.3 is 0 Å². The fourth-order valence-corrected chi connectivity index (χ4v) is 1.75. The number of carbonyl (C=O) groups excluding carboxylic acids is 1. The van der Waals surface area contributed by atoms with Gasteiger partial charge in [0.25, 0.3) is 11.6 Å². The van der Waals surface area contributed by atoms with E-state index in [9.17, 15) is 20.0 Å². The van der Waals surface area contributed by atoms with E-state index in [0.29, 0.717) is 11.3 Å². The van der Waals surface area contributed by atoms with E-state index in [1.807, 2.05) is 0 Å². The summed E-state index contributed by atoms with van der Waals surface area (Å²) in [5.74, 6) is -0.218. The monoisotopic (exact) mass is 315 g/mol. The molecular weight excluding hydrogens is 302 g/mol. The third-order valence-electron chi connectivity index (χ3n) is 2.92. The van der Waals surface area contributed by atoms with E-state index in [4.69, 9.17) is 4.74 Å². The maximum absolute atomic E-state index is 11.8. The molecule has 2 rings (SSSR count). The number of ether oxygens (including phenoxy) is 1. The Morgan fingerprint density at radius 1 is 1.30 bits per heavy atom. The second-order valence-corrected chi connectivity index (χ2v) is 4.43. The molecule has 0 fully saturated rings. The minimum atomic E-state index is -0.546. The number of nitrogens with zero attached hydrogens (tertiary/aromatic N) is 2. The van der Waals surface area contributed by atoms with Gasteiger partial charge in [0.1, 0.15) is 0 Å². The summed E-state index contributed by atoms with van der Waals surface area (Å²) in [6.45, 7) is 0. The minimum Gasteiger partial charge on any atom is -0.504 e. The molecule has 0 aliphatic carbocycles. The van der Waals surface area contributed by atoms with Crippen molar-refractivity contribution in [1.82, 2.24) is 5.43 Å². The van der Waals surface area contributed by atoms with Gasteiger partial charge in [0.15, 0.2) is 11.5 Å². The molecule has 0 heterocycles. The quantitative estimate of drug-likeness (QED) is 0.498. The number of hydrogen-bond donors (Lipinski definition) is 2. The van der Waals surface area contributed by atoms with Gasteiger partial charge in [-0.1, -0.05) is 0 Å². The summed E-state index contributed by atoms with van der Waals surface area (Å²) in [7, 11) is 1.44. The number of benzene rings is 2. The second kappa shape index (κ2) is 7.03. The molecule has 1 amide bonds. The molecule has 2 aromatic rings. The summed E-state index contributed by atoms with van der Waals surface area (Å²) in [4.78, 5) is 21.8. The van der Waals surface area contributed by atoms with Crippen LogP contribution in [0.3, 0.4) is 0 Å². The van der Waals surface area contributed by atoms with E-state index in [2.05, 4.69) is 10.5 Å². The molecule has 0 aromatic heterocycles. The zero-order valence-corrected chi connectivity index (χ0v) is 12.1. The van der Waals surface area contributed by atoms with Crippen molar-refractivity contribution >= 4 is 17.8 Å². The Morgan fingerprint density at radius 3 is 2.57 bits per heavy atom. The van der Waals surface area contributed by atoms with Crippen LogP contribution in [0.25, 0.3) is 0 Å². The van der Waals surface area contributed by atoms with E-state index < -0.39 is 10.8 Å². The van der Waals surface area contributed by atoms with Crippen molar-refractivity contribution in [3.05, 3.63) is 63.7 Å². The largest absolute Gasteiger partial charge is 0.504 e. The lowest BCUT2D eigenvalue weighted by molar-refractivity contribution is -0.384. The number of hydrazone groups is 1. The van der Waals surface area contributed by atoms with Gasteiger partial charge in [0.2, 0.25) is 0 Å². The van der Waals surface area contributed by atoms with E-state index >= 15 is 0 Å². The topological polar surface area (TPSA) is 114 Å². The second-order valence-electron chi connectivity index (χ2n) is 4.43. The molecule has 0 bridgehead atoms. The Kier molecular flexibility index (Phi) is 4.88. The fraction of sp³-hybridized carbons (Fsp3) is 0.0667. The van der Waals surface area contributed by atoms with Crippen LogP contribution in [-0.4, -0.2) is 29.3 Å². The number of hydrogen-bond acceptors (Lipinski definition) is 6. The number of nitro benzene ring substituents is 1. The third kappa shape index (κ3) is 4.03. The normalized spacial score (nSPS) is 10.5. The zero-order chi connectivity index (χ0) is 16.8. The van der Waals surface area contributed by atoms with Crippen LogP contribution < -0.4 is 10.2 Å². The number of nitro groups is 1. The molecule has 0 atom stereocenters. The van der Waals surface area contributed by atoms with Crippen LogP contribution in [-0.2, 0) is 0 Å². The molecule has 0 aliphatic rings. The lowest BCUT2D eigenvalue weighted by Gasteiger charge is -2.03. The number of non-ortho nitro benzene ring substituents is 1. The lowest BCUT2D eigenvalue weighted by atomic mass is 10.2. The highest BCUT2D eigenvalue weighted by atomic mass is 16.6. The van der Waals surface area contributed by atoms with Gasteiger partial charge in [-0.2, -0.15) is 5.10 Å². The number of phenolic OH excluding ortho intramolecular Hbond substituents is 1. The molecule has 0 aliphatic heterocycles. The minimum absolute atomic E-state index is 0.0434. The maximum Gasteiger partial charge on any atom is 0.271 e. The van der Waals surface area contributed by atoms with Crippen molar-refractivity contribution in [3.63, 3.8) is 0 Å². The third-order valence-corrected chi connectivity index (χ3v) is 2.92. The van der Waals surface area contributed by atoms with Crippen LogP contribution in [0.4, 0.5) is 5.69 Å². The highest BCUT2D eigenvalue weighted by Crippen LogP contribution is 2.25. The van der Waals surface area contributed by atoms with Gasteiger partial charge in [-0.25, -0.2) is 5.43 Å². The van der Waals surface area contributed by atoms with Crippen LogP contribution in [0.1, 0.15) is 15.9 Å². The van der Waals surface area contributed by atoms with Gasteiger partial charge in [-0.3, -0.25) is 14.9 Å². The van der Waals surface area contributed by atoms with Gasteiger partial charge < -0.3 is 9.84 Å². The molecule has 0 saturated heterocycles. The molecule has 2 aromatic carbocycles.